The Hall–Kier alpha value is -1.11. The summed E-state index contributed by atoms with van der Waals surface area (Å²) in [7, 11) is -3.88. The molecule has 0 aromatic heterocycles. The summed E-state index contributed by atoms with van der Waals surface area (Å²) in [5.41, 5.74) is 0.206. The molecule has 1 saturated carbocycles. The first-order chi connectivity index (χ1) is 9.86. The van der Waals surface area contributed by atoms with Crippen molar-refractivity contribution in [2.24, 2.45) is 11.1 Å². The highest BCUT2D eigenvalue weighted by Gasteiger charge is 2.16. The van der Waals surface area contributed by atoms with E-state index >= 15 is 0 Å². The van der Waals surface area contributed by atoms with E-state index in [9.17, 15) is 13.2 Å². The molecule has 2 rings (SSSR count). The Morgan fingerprint density at radius 3 is 2.57 bits per heavy atom. The third kappa shape index (κ3) is 4.69. The fraction of sp³-hybridized carbons (Fsp3) is 0.500. The third-order valence-electron chi connectivity index (χ3n) is 3.77. The van der Waals surface area contributed by atoms with Gasteiger partial charge in [-0.25, -0.2) is 13.6 Å². The van der Waals surface area contributed by atoms with E-state index in [1.165, 1.54) is 43.9 Å². The molecule has 21 heavy (non-hydrogen) atoms. The van der Waals surface area contributed by atoms with Gasteiger partial charge in [0.05, 0.1) is 4.90 Å². The number of carbonyl (C=O) groups is 1. The van der Waals surface area contributed by atoms with Crippen LogP contribution in [0.4, 0.5) is 0 Å². The lowest BCUT2D eigenvalue weighted by Gasteiger charge is -2.10. The highest BCUT2D eigenvalue weighted by atomic mass is 35.5. The summed E-state index contributed by atoms with van der Waals surface area (Å²) < 4.78 is 22.7. The molecule has 1 aliphatic rings. The van der Waals surface area contributed by atoms with Crippen LogP contribution in [0.25, 0.3) is 0 Å². The first-order valence-electron chi connectivity index (χ1n) is 6.98. The fourth-order valence-electron chi connectivity index (χ4n) is 2.65. The van der Waals surface area contributed by atoms with Gasteiger partial charge in [-0.1, -0.05) is 37.3 Å². The first kappa shape index (κ1) is 16.3. The molecule has 0 aliphatic heterocycles. The molecular weight excluding hydrogens is 312 g/mol. The van der Waals surface area contributed by atoms with Gasteiger partial charge in [0.25, 0.3) is 5.91 Å². The maximum absolute atomic E-state index is 12.0. The number of carbonyl (C=O) groups excluding carboxylic acids is 1. The van der Waals surface area contributed by atoms with Gasteiger partial charge in [0, 0.05) is 17.1 Å². The molecule has 0 atom stereocenters. The van der Waals surface area contributed by atoms with E-state index in [4.69, 9.17) is 16.7 Å². The van der Waals surface area contributed by atoms with E-state index < -0.39 is 10.0 Å². The smallest absolute Gasteiger partial charge is 0.251 e. The van der Waals surface area contributed by atoms with Crippen LogP contribution in [0.3, 0.4) is 0 Å². The number of halogens is 1. The Kier molecular flexibility index (Phi) is 5.24. The number of hydrogen-bond donors (Lipinski definition) is 2. The predicted octanol–water partition coefficient (Wildman–Crippen LogP) is 2.30. The van der Waals surface area contributed by atoms with Crippen molar-refractivity contribution in [3.8, 4) is 0 Å². The number of sulfonamides is 1. The van der Waals surface area contributed by atoms with Gasteiger partial charge in [0.2, 0.25) is 10.0 Å². The van der Waals surface area contributed by atoms with E-state index in [-0.39, 0.29) is 21.4 Å². The molecule has 1 aromatic carbocycles. The SMILES string of the molecule is NS(=O)(=O)c1cc(Cl)cc(C(=O)NCCC2CCCC2)c1. The van der Waals surface area contributed by atoms with Crippen molar-refractivity contribution in [1.82, 2.24) is 5.32 Å². The summed E-state index contributed by atoms with van der Waals surface area (Å²) in [5, 5.41) is 8.03. The Morgan fingerprint density at radius 1 is 1.29 bits per heavy atom. The molecule has 7 heteroatoms. The maximum atomic E-state index is 12.0. The van der Waals surface area contributed by atoms with Crippen molar-refractivity contribution in [3.63, 3.8) is 0 Å². The van der Waals surface area contributed by atoms with Crippen LogP contribution in [-0.2, 0) is 10.0 Å². The standard InChI is InChI=1S/C14H19ClN2O3S/c15-12-7-11(8-13(9-12)21(16,19)20)14(18)17-6-5-10-3-1-2-4-10/h7-10H,1-6H2,(H,17,18)(H2,16,19,20). The maximum Gasteiger partial charge on any atom is 0.251 e. The second-order valence-electron chi connectivity index (χ2n) is 5.42. The molecule has 116 valence electrons. The van der Waals surface area contributed by atoms with Gasteiger partial charge in [-0.15, -0.1) is 0 Å². The highest BCUT2D eigenvalue weighted by Crippen LogP contribution is 2.27. The van der Waals surface area contributed by atoms with Gasteiger partial charge in [-0.2, -0.15) is 0 Å². The molecule has 0 heterocycles. The second kappa shape index (κ2) is 6.77. The van der Waals surface area contributed by atoms with Crippen LogP contribution in [0.5, 0.6) is 0 Å². The molecule has 0 unspecified atom stereocenters. The zero-order valence-electron chi connectivity index (χ0n) is 11.6. The van der Waals surface area contributed by atoms with E-state index in [0.717, 1.165) is 6.42 Å². The van der Waals surface area contributed by atoms with Gasteiger partial charge in [-0.05, 0) is 30.5 Å². The molecule has 1 fully saturated rings. The Bertz CT molecular complexity index is 625. The summed E-state index contributed by atoms with van der Waals surface area (Å²) in [5.74, 6) is 0.352. The summed E-state index contributed by atoms with van der Waals surface area (Å²) in [4.78, 5) is 11.9. The minimum Gasteiger partial charge on any atom is -0.352 e. The average Bonchev–Trinajstić information content (AvgIpc) is 2.90. The summed E-state index contributed by atoms with van der Waals surface area (Å²) >= 11 is 5.84. The van der Waals surface area contributed by atoms with E-state index in [1.54, 1.807) is 0 Å². The number of hydrogen-bond acceptors (Lipinski definition) is 3. The fourth-order valence-corrected chi connectivity index (χ4v) is 3.53. The van der Waals surface area contributed by atoms with Crippen molar-refractivity contribution in [3.05, 3.63) is 28.8 Å². The van der Waals surface area contributed by atoms with Crippen molar-refractivity contribution in [2.45, 2.75) is 37.0 Å². The molecule has 0 saturated heterocycles. The third-order valence-corrected chi connectivity index (χ3v) is 4.89. The monoisotopic (exact) mass is 330 g/mol. The average molecular weight is 331 g/mol. The zero-order chi connectivity index (χ0) is 15.5. The molecule has 0 spiro atoms. The predicted molar refractivity (Wildman–Crippen MR) is 81.7 cm³/mol. The lowest BCUT2D eigenvalue weighted by Crippen LogP contribution is -2.26. The van der Waals surface area contributed by atoms with Crippen LogP contribution in [0, 0.1) is 5.92 Å². The number of nitrogens with one attached hydrogen (secondary N) is 1. The van der Waals surface area contributed by atoms with E-state index in [0.29, 0.717) is 12.5 Å². The van der Waals surface area contributed by atoms with Crippen molar-refractivity contribution in [2.75, 3.05) is 6.54 Å². The molecule has 1 aliphatic carbocycles. The highest BCUT2D eigenvalue weighted by molar-refractivity contribution is 7.89. The Morgan fingerprint density at radius 2 is 1.95 bits per heavy atom. The first-order valence-corrected chi connectivity index (χ1v) is 8.90. The van der Waals surface area contributed by atoms with Gasteiger partial charge >= 0.3 is 0 Å². The van der Waals surface area contributed by atoms with Crippen LogP contribution >= 0.6 is 11.6 Å². The van der Waals surface area contributed by atoms with Gasteiger partial charge < -0.3 is 5.32 Å². The summed E-state index contributed by atoms with van der Waals surface area (Å²) in [6, 6.07) is 3.90. The molecule has 1 aromatic rings. The minimum atomic E-state index is -3.88. The molecule has 5 nitrogen and oxygen atoms in total. The lowest BCUT2D eigenvalue weighted by molar-refractivity contribution is 0.0951. The Labute approximate surface area is 129 Å². The summed E-state index contributed by atoms with van der Waals surface area (Å²) in [6.07, 6.45) is 5.94. The van der Waals surface area contributed by atoms with Crippen LogP contribution in [0.1, 0.15) is 42.5 Å². The van der Waals surface area contributed by atoms with Crippen molar-refractivity contribution in [1.29, 1.82) is 0 Å². The topological polar surface area (TPSA) is 89.3 Å². The normalized spacial score (nSPS) is 16.1. The molecule has 1 amide bonds. The zero-order valence-corrected chi connectivity index (χ0v) is 13.2. The van der Waals surface area contributed by atoms with Crippen LogP contribution in [0.15, 0.2) is 23.1 Å². The molecule has 0 bridgehead atoms. The molecular formula is C14H19ClN2O3S. The number of nitrogens with two attached hydrogens (primary N) is 1. The molecule has 3 N–H and O–H groups in total. The lowest BCUT2D eigenvalue weighted by atomic mass is 10.0. The Balaban J connectivity index is 2.00. The van der Waals surface area contributed by atoms with Gasteiger partial charge in [0.1, 0.15) is 0 Å². The largest absolute Gasteiger partial charge is 0.352 e. The van der Waals surface area contributed by atoms with Crippen LogP contribution < -0.4 is 10.5 Å². The summed E-state index contributed by atoms with van der Waals surface area (Å²) in [6.45, 7) is 0.584. The number of benzene rings is 1. The van der Waals surface area contributed by atoms with Crippen molar-refractivity contribution >= 4 is 27.5 Å². The second-order valence-corrected chi connectivity index (χ2v) is 7.41. The van der Waals surface area contributed by atoms with Crippen LogP contribution in [-0.4, -0.2) is 20.9 Å². The van der Waals surface area contributed by atoms with E-state index in [2.05, 4.69) is 5.32 Å². The minimum absolute atomic E-state index is 0.157. The number of rotatable bonds is 5. The number of primary sulfonamides is 1. The van der Waals surface area contributed by atoms with Crippen molar-refractivity contribution < 1.29 is 13.2 Å². The quantitative estimate of drug-likeness (QED) is 0.868. The van der Waals surface area contributed by atoms with Gasteiger partial charge in [0.15, 0.2) is 0 Å². The number of amides is 1. The van der Waals surface area contributed by atoms with Crippen LogP contribution in [0.2, 0.25) is 5.02 Å². The van der Waals surface area contributed by atoms with E-state index in [1.807, 2.05) is 0 Å². The molecule has 0 radical (unpaired) electrons. The van der Waals surface area contributed by atoms with Gasteiger partial charge in [-0.3, -0.25) is 4.79 Å².